The largest absolute Gasteiger partial charge is 0.459 e. The molecule has 3 heterocycles. The Kier molecular flexibility index (Phi) is 2.96. The second-order valence-corrected chi connectivity index (χ2v) is 5.81. The molecule has 3 N–H and O–H groups in total. The molecule has 0 saturated carbocycles. The van der Waals surface area contributed by atoms with Crippen molar-refractivity contribution in [3.8, 4) is 0 Å². The van der Waals surface area contributed by atoms with Gasteiger partial charge >= 0.3 is 0 Å². The molecule has 1 aromatic carbocycles. The highest BCUT2D eigenvalue weighted by Gasteiger charge is 2.18. The minimum absolute atomic E-state index is 0.212. The van der Waals surface area contributed by atoms with E-state index in [0.29, 0.717) is 0 Å². The van der Waals surface area contributed by atoms with Gasteiger partial charge in [-0.25, -0.2) is 5.43 Å². The van der Waals surface area contributed by atoms with Crippen LogP contribution in [0.5, 0.6) is 0 Å². The van der Waals surface area contributed by atoms with Crippen molar-refractivity contribution in [2.75, 3.05) is 0 Å². The molecule has 0 aliphatic rings. The zero-order valence-electron chi connectivity index (χ0n) is 11.1. The Balaban J connectivity index is 1.82. The van der Waals surface area contributed by atoms with Crippen LogP contribution >= 0.6 is 11.3 Å². The molecule has 0 amide bonds. The maximum absolute atomic E-state index is 5.90. The first-order valence-corrected chi connectivity index (χ1v) is 7.51. The van der Waals surface area contributed by atoms with E-state index in [1.54, 1.807) is 11.3 Å². The summed E-state index contributed by atoms with van der Waals surface area (Å²) in [5.41, 5.74) is 5.68. The summed E-state index contributed by atoms with van der Waals surface area (Å²) < 4.78 is 7.04. The van der Waals surface area contributed by atoms with Crippen molar-refractivity contribution in [1.29, 1.82) is 0 Å². The predicted molar refractivity (Wildman–Crippen MR) is 85.0 cm³/mol. The topological polar surface area (TPSA) is 64.1 Å². The number of thiophene rings is 1. The van der Waals surface area contributed by atoms with E-state index in [2.05, 4.69) is 16.5 Å². The van der Waals surface area contributed by atoms with Gasteiger partial charge in [0.1, 0.15) is 17.4 Å². The Morgan fingerprint density at radius 1 is 1.19 bits per heavy atom. The number of benzene rings is 1. The Labute approximate surface area is 125 Å². The number of aromatic nitrogens is 1. The Morgan fingerprint density at radius 3 is 2.95 bits per heavy atom. The molecule has 1 unspecified atom stereocenters. The third-order valence-corrected chi connectivity index (χ3v) is 4.41. The first kappa shape index (κ1) is 12.5. The zero-order valence-corrected chi connectivity index (χ0v) is 11.9. The van der Waals surface area contributed by atoms with Gasteiger partial charge in [-0.2, -0.15) is 0 Å². The molecule has 0 fully saturated rings. The highest BCUT2D eigenvalue weighted by atomic mass is 32.1. The molecular formula is C16H13N3OS. The number of hydrogen-bond donors (Lipinski definition) is 2. The maximum Gasteiger partial charge on any atom is 0.134 e. The summed E-state index contributed by atoms with van der Waals surface area (Å²) in [6.07, 6.45) is 1.84. The SMILES string of the molecule is NNC(c1cnc2ccsc2c1)c1cc2ccccc2o1. The summed E-state index contributed by atoms with van der Waals surface area (Å²) in [5.74, 6) is 6.53. The normalized spacial score (nSPS) is 13.0. The summed E-state index contributed by atoms with van der Waals surface area (Å²) in [7, 11) is 0. The minimum Gasteiger partial charge on any atom is -0.459 e. The van der Waals surface area contributed by atoms with Gasteiger partial charge in [0.15, 0.2) is 0 Å². The van der Waals surface area contributed by atoms with Crippen LogP contribution in [0.3, 0.4) is 0 Å². The lowest BCUT2D eigenvalue weighted by atomic mass is 10.1. The third kappa shape index (κ3) is 2.12. The van der Waals surface area contributed by atoms with Gasteiger partial charge in [0, 0.05) is 11.6 Å². The van der Waals surface area contributed by atoms with Crippen molar-refractivity contribution < 1.29 is 4.42 Å². The lowest BCUT2D eigenvalue weighted by molar-refractivity contribution is 0.477. The molecule has 5 heteroatoms. The summed E-state index contributed by atoms with van der Waals surface area (Å²) in [5, 5.41) is 3.10. The number of furan rings is 1. The van der Waals surface area contributed by atoms with Crippen LogP contribution in [-0.2, 0) is 0 Å². The van der Waals surface area contributed by atoms with Gasteiger partial charge in [-0.15, -0.1) is 11.3 Å². The fourth-order valence-corrected chi connectivity index (χ4v) is 3.30. The monoisotopic (exact) mass is 295 g/mol. The molecule has 0 bridgehead atoms. The molecule has 0 spiro atoms. The van der Waals surface area contributed by atoms with Gasteiger partial charge in [0.05, 0.1) is 10.2 Å². The second kappa shape index (κ2) is 4.96. The molecule has 0 saturated heterocycles. The molecule has 1 atom stereocenters. The Morgan fingerprint density at radius 2 is 2.10 bits per heavy atom. The lowest BCUT2D eigenvalue weighted by Gasteiger charge is -2.13. The molecule has 0 aliphatic heterocycles. The smallest absolute Gasteiger partial charge is 0.134 e. The Bertz CT molecular complexity index is 877. The van der Waals surface area contributed by atoms with E-state index in [-0.39, 0.29) is 6.04 Å². The van der Waals surface area contributed by atoms with Gasteiger partial charge in [-0.1, -0.05) is 18.2 Å². The quantitative estimate of drug-likeness (QED) is 0.448. The summed E-state index contributed by atoms with van der Waals surface area (Å²) in [6.45, 7) is 0. The summed E-state index contributed by atoms with van der Waals surface area (Å²) in [4.78, 5) is 4.46. The molecule has 0 radical (unpaired) electrons. The van der Waals surface area contributed by atoms with Gasteiger partial charge in [0.25, 0.3) is 0 Å². The van der Waals surface area contributed by atoms with Crippen molar-refractivity contribution in [3.05, 3.63) is 65.4 Å². The van der Waals surface area contributed by atoms with Gasteiger partial charge in [0.2, 0.25) is 0 Å². The molecule has 21 heavy (non-hydrogen) atoms. The number of pyridine rings is 1. The predicted octanol–water partition coefficient (Wildman–Crippen LogP) is 3.60. The van der Waals surface area contributed by atoms with E-state index in [4.69, 9.17) is 10.3 Å². The Hall–Kier alpha value is -2.21. The number of nitrogens with two attached hydrogens (primary N) is 1. The van der Waals surface area contributed by atoms with Gasteiger partial charge < -0.3 is 4.42 Å². The molecule has 0 aliphatic carbocycles. The molecule has 3 aromatic heterocycles. The van der Waals surface area contributed by atoms with Crippen molar-refractivity contribution in [1.82, 2.24) is 10.4 Å². The molecular weight excluding hydrogens is 282 g/mol. The van der Waals surface area contributed by atoms with Crippen molar-refractivity contribution >= 4 is 32.5 Å². The van der Waals surface area contributed by atoms with Crippen molar-refractivity contribution in [2.45, 2.75) is 6.04 Å². The minimum atomic E-state index is -0.212. The van der Waals surface area contributed by atoms with Crippen LogP contribution in [-0.4, -0.2) is 4.98 Å². The van der Waals surface area contributed by atoms with Crippen LogP contribution in [0.25, 0.3) is 21.2 Å². The van der Waals surface area contributed by atoms with Crippen LogP contribution < -0.4 is 11.3 Å². The van der Waals surface area contributed by atoms with Crippen molar-refractivity contribution in [3.63, 3.8) is 0 Å². The van der Waals surface area contributed by atoms with Gasteiger partial charge in [-0.3, -0.25) is 10.8 Å². The summed E-state index contributed by atoms with van der Waals surface area (Å²) >= 11 is 1.67. The number of hydrazine groups is 1. The fourth-order valence-electron chi connectivity index (χ4n) is 2.51. The van der Waals surface area contributed by atoms with Crippen LogP contribution in [0.2, 0.25) is 0 Å². The van der Waals surface area contributed by atoms with Crippen LogP contribution in [0, 0.1) is 0 Å². The number of rotatable bonds is 3. The second-order valence-electron chi connectivity index (χ2n) is 4.86. The van der Waals surface area contributed by atoms with Gasteiger partial charge in [-0.05, 0) is 35.2 Å². The third-order valence-electron chi connectivity index (χ3n) is 3.55. The van der Waals surface area contributed by atoms with E-state index < -0.39 is 0 Å². The highest BCUT2D eigenvalue weighted by Crippen LogP contribution is 2.29. The van der Waals surface area contributed by atoms with E-state index in [1.807, 2.05) is 48.0 Å². The van der Waals surface area contributed by atoms with Crippen LogP contribution in [0.1, 0.15) is 17.4 Å². The molecule has 104 valence electrons. The first-order chi connectivity index (χ1) is 10.3. The first-order valence-electron chi connectivity index (χ1n) is 6.63. The number of para-hydroxylation sites is 1. The number of hydrogen-bond acceptors (Lipinski definition) is 5. The lowest BCUT2D eigenvalue weighted by Crippen LogP contribution is -2.28. The zero-order chi connectivity index (χ0) is 14.2. The average Bonchev–Trinajstić information content (AvgIpc) is 3.13. The number of fused-ring (bicyclic) bond motifs is 2. The molecule has 4 nitrogen and oxygen atoms in total. The number of nitrogens with one attached hydrogen (secondary N) is 1. The molecule has 4 rings (SSSR count). The van der Waals surface area contributed by atoms with Crippen LogP contribution in [0.4, 0.5) is 0 Å². The van der Waals surface area contributed by atoms with E-state index in [9.17, 15) is 0 Å². The highest BCUT2D eigenvalue weighted by molar-refractivity contribution is 7.17. The van der Waals surface area contributed by atoms with E-state index in [1.165, 1.54) is 0 Å². The maximum atomic E-state index is 5.90. The average molecular weight is 295 g/mol. The van der Waals surface area contributed by atoms with E-state index in [0.717, 1.165) is 32.5 Å². The standard InChI is InChI=1S/C16H13N3OS/c17-19-16(11-8-15-12(18-9-11)5-6-21-15)14-7-10-3-1-2-4-13(10)20-14/h1-9,16,19H,17H2. The van der Waals surface area contributed by atoms with E-state index >= 15 is 0 Å². The number of nitrogens with zero attached hydrogens (tertiary/aromatic N) is 1. The van der Waals surface area contributed by atoms with Crippen molar-refractivity contribution in [2.24, 2.45) is 5.84 Å². The molecule has 4 aromatic rings. The van der Waals surface area contributed by atoms with Crippen LogP contribution in [0.15, 0.2) is 58.5 Å². The summed E-state index contributed by atoms with van der Waals surface area (Å²) in [6, 6.07) is 13.8. The fraction of sp³-hybridized carbons (Fsp3) is 0.0625.